The minimum absolute atomic E-state index is 0.679. The maximum atomic E-state index is 4.37. The molecular formula is C18H24N2. The van der Waals surface area contributed by atoms with Crippen molar-refractivity contribution < 1.29 is 0 Å². The lowest BCUT2D eigenvalue weighted by Gasteiger charge is -2.32. The summed E-state index contributed by atoms with van der Waals surface area (Å²) < 4.78 is 0. The summed E-state index contributed by atoms with van der Waals surface area (Å²) in [5.74, 6) is 1.72. The number of nitrogens with zero attached hydrogens (tertiary/aromatic N) is 1. The Morgan fingerprint density at radius 3 is 2.70 bits per heavy atom. The van der Waals surface area contributed by atoms with Gasteiger partial charge in [0.2, 0.25) is 0 Å². The van der Waals surface area contributed by atoms with Crippen molar-refractivity contribution in [3.05, 3.63) is 42.1 Å². The van der Waals surface area contributed by atoms with Crippen LogP contribution in [0.2, 0.25) is 0 Å². The van der Waals surface area contributed by atoms with Crippen molar-refractivity contribution in [2.45, 2.75) is 45.7 Å². The molecule has 0 amide bonds. The minimum atomic E-state index is 0.679. The van der Waals surface area contributed by atoms with Gasteiger partial charge in [-0.3, -0.25) is 4.98 Å². The van der Waals surface area contributed by atoms with Crippen LogP contribution in [0, 0.1) is 11.8 Å². The average Bonchev–Trinajstić information content (AvgIpc) is 2.44. The lowest BCUT2D eigenvalue weighted by molar-refractivity contribution is 0.238. The number of nitrogens with one attached hydrogen (secondary N) is 1. The minimum Gasteiger partial charge on any atom is -0.310 e. The normalized spacial score (nSPS) is 26.8. The number of hydrogen-bond acceptors (Lipinski definition) is 2. The SMILES string of the molecule is CC1CC(C)CC(NCc2ccc3ncccc3c2)C1. The van der Waals surface area contributed by atoms with Crippen LogP contribution in [0.5, 0.6) is 0 Å². The molecule has 1 saturated carbocycles. The fraction of sp³-hybridized carbons (Fsp3) is 0.500. The zero-order valence-corrected chi connectivity index (χ0v) is 12.5. The van der Waals surface area contributed by atoms with Crippen LogP contribution in [-0.4, -0.2) is 11.0 Å². The quantitative estimate of drug-likeness (QED) is 0.904. The molecule has 1 N–H and O–H groups in total. The molecule has 2 atom stereocenters. The van der Waals surface area contributed by atoms with E-state index in [2.05, 4.69) is 48.4 Å². The highest BCUT2D eigenvalue weighted by atomic mass is 14.9. The van der Waals surface area contributed by atoms with Gasteiger partial charge in [0.25, 0.3) is 0 Å². The third-order valence-electron chi connectivity index (χ3n) is 4.44. The Morgan fingerprint density at radius 1 is 1.10 bits per heavy atom. The van der Waals surface area contributed by atoms with Crippen LogP contribution >= 0.6 is 0 Å². The molecule has 1 fully saturated rings. The highest BCUT2D eigenvalue weighted by molar-refractivity contribution is 5.78. The molecule has 106 valence electrons. The highest BCUT2D eigenvalue weighted by Crippen LogP contribution is 2.28. The number of rotatable bonds is 3. The maximum Gasteiger partial charge on any atom is 0.0702 e. The van der Waals surface area contributed by atoms with E-state index in [9.17, 15) is 0 Å². The topological polar surface area (TPSA) is 24.9 Å². The Bertz CT molecular complexity index is 568. The van der Waals surface area contributed by atoms with E-state index >= 15 is 0 Å². The summed E-state index contributed by atoms with van der Waals surface area (Å²) in [5.41, 5.74) is 2.44. The van der Waals surface area contributed by atoms with Gasteiger partial charge in [0.15, 0.2) is 0 Å². The highest BCUT2D eigenvalue weighted by Gasteiger charge is 2.23. The van der Waals surface area contributed by atoms with Crippen LogP contribution in [-0.2, 0) is 6.54 Å². The summed E-state index contributed by atoms with van der Waals surface area (Å²) in [5, 5.41) is 4.98. The molecule has 1 aliphatic carbocycles. The van der Waals surface area contributed by atoms with Gasteiger partial charge < -0.3 is 5.32 Å². The van der Waals surface area contributed by atoms with Crippen LogP contribution < -0.4 is 5.32 Å². The van der Waals surface area contributed by atoms with Crippen LogP contribution in [0.25, 0.3) is 10.9 Å². The van der Waals surface area contributed by atoms with E-state index in [1.807, 2.05) is 12.3 Å². The molecule has 2 unspecified atom stereocenters. The number of pyridine rings is 1. The van der Waals surface area contributed by atoms with Gasteiger partial charge in [-0.15, -0.1) is 0 Å². The van der Waals surface area contributed by atoms with E-state index in [0.29, 0.717) is 6.04 Å². The predicted octanol–water partition coefficient (Wildman–Crippen LogP) is 4.15. The predicted molar refractivity (Wildman–Crippen MR) is 84.5 cm³/mol. The largest absolute Gasteiger partial charge is 0.310 e. The van der Waals surface area contributed by atoms with E-state index in [4.69, 9.17) is 0 Å². The smallest absolute Gasteiger partial charge is 0.0702 e. The first-order valence-electron chi connectivity index (χ1n) is 7.78. The van der Waals surface area contributed by atoms with Gasteiger partial charge in [0, 0.05) is 24.2 Å². The third kappa shape index (κ3) is 3.18. The van der Waals surface area contributed by atoms with Gasteiger partial charge in [-0.25, -0.2) is 0 Å². The molecule has 0 bridgehead atoms. The molecule has 1 aromatic heterocycles. The number of benzene rings is 1. The number of hydrogen-bond donors (Lipinski definition) is 1. The zero-order valence-electron chi connectivity index (χ0n) is 12.5. The van der Waals surface area contributed by atoms with Gasteiger partial charge in [-0.2, -0.15) is 0 Å². The summed E-state index contributed by atoms with van der Waals surface area (Å²) in [4.78, 5) is 4.37. The lowest BCUT2D eigenvalue weighted by Crippen LogP contribution is -2.35. The molecule has 20 heavy (non-hydrogen) atoms. The van der Waals surface area contributed by atoms with Gasteiger partial charge in [0.1, 0.15) is 0 Å². The van der Waals surface area contributed by atoms with Crippen LogP contribution in [0.4, 0.5) is 0 Å². The second kappa shape index (κ2) is 5.92. The molecule has 0 spiro atoms. The van der Waals surface area contributed by atoms with Crippen molar-refractivity contribution in [3.63, 3.8) is 0 Å². The molecule has 0 aliphatic heterocycles. The van der Waals surface area contributed by atoms with Crippen molar-refractivity contribution >= 4 is 10.9 Å². The van der Waals surface area contributed by atoms with Crippen LogP contribution in [0.15, 0.2) is 36.5 Å². The Labute approximate surface area is 121 Å². The molecule has 1 aromatic carbocycles. The fourth-order valence-corrected chi connectivity index (χ4v) is 3.61. The van der Waals surface area contributed by atoms with E-state index < -0.39 is 0 Å². The fourth-order valence-electron chi connectivity index (χ4n) is 3.61. The van der Waals surface area contributed by atoms with Gasteiger partial charge in [-0.05, 0) is 54.9 Å². The van der Waals surface area contributed by atoms with Crippen molar-refractivity contribution in [3.8, 4) is 0 Å². The van der Waals surface area contributed by atoms with Crippen molar-refractivity contribution in [1.82, 2.24) is 10.3 Å². The summed E-state index contributed by atoms with van der Waals surface area (Å²) in [7, 11) is 0. The first-order chi connectivity index (χ1) is 9.70. The zero-order chi connectivity index (χ0) is 13.9. The summed E-state index contributed by atoms with van der Waals surface area (Å²) in [6.45, 7) is 5.73. The summed E-state index contributed by atoms with van der Waals surface area (Å²) in [6.07, 6.45) is 5.88. The van der Waals surface area contributed by atoms with Gasteiger partial charge in [0.05, 0.1) is 5.52 Å². The Morgan fingerprint density at radius 2 is 1.90 bits per heavy atom. The molecule has 2 nitrogen and oxygen atoms in total. The molecule has 1 aliphatic rings. The van der Waals surface area contributed by atoms with Crippen molar-refractivity contribution in [2.75, 3.05) is 0 Å². The monoisotopic (exact) mass is 268 g/mol. The standard InChI is InChI=1S/C18H24N2/c1-13-8-14(2)10-17(9-13)20-12-15-5-6-18-16(11-15)4-3-7-19-18/h3-7,11,13-14,17,20H,8-10,12H2,1-2H3. The number of aromatic nitrogens is 1. The molecule has 2 heteroatoms. The summed E-state index contributed by atoms with van der Waals surface area (Å²) in [6, 6.07) is 11.4. The van der Waals surface area contributed by atoms with E-state index in [-0.39, 0.29) is 0 Å². The molecule has 1 heterocycles. The Hall–Kier alpha value is -1.41. The summed E-state index contributed by atoms with van der Waals surface area (Å²) >= 11 is 0. The lowest BCUT2D eigenvalue weighted by atomic mass is 9.80. The van der Waals surface area contributed by atoms with E-state index in [0.717, 1.165) is 23.9 Å². The first-order valence-corrected chi connectivity index (χ1v) is 7.78. The van der Waals surface area contributed by atoms with E-state index in [1.165, 1.54) is 30.2 Å². The second-order valence-corrected chi connectivity index (χ2v) is 6.53. The molecule has 0 radical (unpaired) electrons. The molecule has 3 rings (SSSR count). The van der Waals surface area contributed by atoms with Crippen LogP contribution in [0.3, 0.4) is 0 Å². The van der Waals surface area contributed by atoms with Crippen LogP contribution in [0.1, 0.15) is 38.7 Å². The van der Waals surface area contributed by atoms with Gasteiger partial charge >= 0.3 is 0 Å². The van der Waals surface area contributed by atoms with Crippen molar-refractivity contribution in [1.29, 1.82) is 0 Å². The Balaban J connectivity index is 1.64. The third-order valence-corrected chi connectivity index (χ3v) is 4.44. The van der Waals surface area contributed by atoms with E-state index in [1.54, 1.807) is 0 Å². The molecular weight excluding hydrogens is 244 g/mol. The first kappa shape index (κ1) is 13.6. The Kier molecular flexibility index (Phi) is 4.02. The maximum absolute atomic E-state index is 4.37. The second-order valence-electron chi connectivity index (χ2n) is 6.53. The molecule has 0 saturated heterocycles. The van der Waals surface area contributed by atoms with Crippen molar-refractivity contribution in [2.24, 2.45) is 11.8 Å². The van der Waals surface area contributed by atoms with Gasteiger partial charge in [-0.1, -0.05) is 26.0 Å². The average molecular weight is 268 g/mol. The molecule has 2 aromatic rings. The number of fused-ring (bicyclic) bond motifs is 1.